The van der Waals surface area contributed by atoms with Crippen LogP contribution in [0.25, 0.3) is 0 Å². The zero-order chi connectivity index (χ0) is 20.0. The molecule has 2 aromatic carbocycles. The molecule has 0 spiro atoms. The fraction of sp³-hybridized carbons (Fsp3) is 0.300. The first kappa shape index (κ1) is 21.2. The summed E-state index contributed by atoms with van der Waals surface area (Å²) >= 11 is 12.4. The highest BCUT2D eigenvalue weighted by Crippen LogP contribution is 2.26. The zero-order valence-electron chi connectivity index (χ0n) is 15.1. The van der Waals surface area contributed by atoms with Crippen LogP contribution in [0.4, 0.5) is 4.39 Å². The molecule has 7 heteroatoms. The maximum absolute atomic E-state index is 13.2. The summed E-state index contributed by atoms with van der Waals surface area (Å²) in [5.41, 5.74) is 1.24. The second-order valence-corrected chi connectivity index (χ2v) is 6.88. The Morgan fingerprint density at radius 3 is 2.22 bits per heavy atom. The molecule has 144 valence electrons. The third kappa shape index (κ3) is 5.44. The van der Waals surface area contributed by atoms with Gasteiger partial charge >= 0.3 is 0 Å². The molecule has 0 saturated heterocycles. The van der Waals surface area contributed by atoms with Gasteiger partial charge in [0.25, 0.3) is 0 Å². The van der Waals surface area contributed by atoms with E-state index >= 15 is 0 Å². The summed E-state index contributed by atoms with van der Waals surface area (Å²) in [7, 11) is 1.52. The number of carbonyl (C=O) groups is 2. The van der Waals surface area contributed by atoms with E-state index in [1.165, 1.54) is 24.1 Å². The molecule has 0 saturated carbocycles. The Morgan fingerprint density at radius 2 is 1.70 bits per heavy atom. The molecular formula is C20H21Cl2FN2O2. The van der Waals surface area contributed by atoms with E-state index in [0.29, 0.717) is 22.0 Å². The monoisotopic (exact) mass is 410 g/mol. The normalized spacial score (nSPS) is 11.7. The molecule has 0 aromatic heterocycles. The van der Waals surface area contributed by atoms with Crippen LogP contribution in [0, 0.1) is 5.82 Å². The molecule has 1 unspecified atom stereocenters. The van der Waals surface area contributed by atoms with Crippen molar-refractivity contribution in [1.82, 2.24) is 10.2 Å². The van der Waals surface area contributed by atoms with E-state index in [-0.39, 0.29) is 30.6 Å². The van der Waals surface area contributed by atoms with Gasteiger partial charge in [-0.3, -0.25) is 9.59 Å². The van der Waals surface area contributed by atoms with Gasteiger partial charge < -0.3 is 10.2 Å². The summed E-state index contributed by atoms with van der Waals surface area (Å²) in [4.78, 5) is 26.8. The van der Waals surface area contributed by atoms with Crippen LogP contribution in [0.3, 0.4) is 0 Å². The quantitative estimate of drug-likeness (QED) is 0.742. The summed E-state index contributed by atoms with van der Waals surface area (Å²) in [5.74, 6) is -0.916. The molecule has 4 nitrogen and oxygen atoms in total. The molecule has 27 heavy (non-hydrogen) atoms. The van der Waals surface area contributed by atoms with E-state index in [9.17, 15) is 14.0 Å². The smallest absolute Gasteiger partial charge is 0.242 e. The Kier molecular flexibility index (Phi) is 7.63. The highest BCUT2D eigenvalue weighted by molar-refractivity contribution is 6.36. The lowest BCUT2D eigenvalue weighted by Crippen LogP contribution is -2.48. The van der Waals surface area contributed by atoms with Gasteiger partial charge in [0, 0.05) is 23.6 Å². The van der Waals surface area contributed by atoms with Gasteiger partial charge in [0.15, 0.2) is 0 Å². The fourth-order valence-electron chi connectivity index (χ4n) is 2.83. The van der Waals surface area contributed by atoms with Gasteiger partial charge in [0.1, 0.15) is 11.9 Å². The first-order valence-corrected chi connectivity index (χ1v) is 9.31. The van der Waals surface area contributed by atoms with Crippen LogP contribution in [0.5, 0.6) is 0 Å². The summed E-state index contributed by atoms with van der Waals surface area (Å²) in [5, 5.41) is 3.38. The highest BCUT2D eigenvalue weighted by Gasteiger charge is 2.28. The molecule has 0 bridgehead atoms. The molecule has 2 amide bonds. The van der Waals surface area contributed by atoms with Crippen molar-refractivity contribution in [2.45, 2.75) is 32.4 Å². The Hall–Kier alpha value is -2.11. The zero-order valence-corrected chi connectivity index (χ0v) is 16.6. The van der Waals surface area contributed by atoms with Crippen molar-refractivity contribution in [3.63, 3.8) is 0 Å². The number of hydrogen-bond donors (Lipinski definition) is 1. The lowest BCUT2D eigenvalue weighted by Gasteiger charge is -2.30. The van der Waals surface area contributed by atoms with Gasteiger partial charge in [0.2, 0.25) is 11.8 Å². The van der Waals surface area contributed by atoms with Crippen molar-refractivity contribution in [1.29, 1.82) is 0 Å². The molecule has 2 rings (SSSR count). The van der Waals surface area contributed by atoms with Gasteiger partial charge in [-0.05, 0) is 41.8 Å². The number of carbonyl (C=O) groups excluding carboxylic acids is 2. The van der Waals surface area contributed by atoms with E-state index in [0.717, 1.165) is 5.56 Å². The molecular weight excluding hydrogens is 390 g/mol. The molecule has 1 atom stereocenters. The van der Waals surface area contributed by atoms with Gasteiger partial charge in [-0.25, -0.2) is 4.39 Å². The topological polar surface area (TPSA) is 49.4 Å². The molecule has 0 aliphatic carbocycles. The van der Waals surface area contributed by atoms with Crippen molar-refractivity contribution >= 4 is 35.0 Å². The maximum atomic E-state index is 13.2. The number of benzene rings is 2. The van der Waals surface area contributed by atoms with Crippen LogP contribution in [0.2, 0.25) is 10.0 Å². The Labute approximate surface area is 168 Å². The third-order valence-electron chi connectivity index (χ3n) is 4.29. The Balaban J connectivity index is 2.33. The van der Waals surface area contributed by atoms with E-state index in [2.05, 4.69) is 5.32 Å². The third-order valence-corrected chi connectivity index (χ3v) is 5.00. The van der Waals surface area contributed by atoms with Crippen molar-refractivity contribution in [3.05, 3.63) is 69.5 Å². The molecule has 0 radical (unpaired) electrons. The second kappa shape index (κ2) is 9.72. The minimum atomic E-state index is -0.659. The molecule has 1 N–H and O–H groups in total. The molecule has 0 fully saturated rings. The number of nitrogens with zero attached hydrogens (tertiary/aromatic N) is 1. The van der Waals surface area contributed by atoms with Crippen LogP contribution in [0.15, 0.2) is 42.5 Å². The highest BCUT2D eigenvalue weighted by atomic mass is 35.5. The average molecular weight is 411 g/mol. The average Bonchev–Trinajstić information content (AvgIpc) is 2.65. The molecule has 2 aromatic rings. The van der Waals surface area contributed by atoms with Crippen LogP contribution in [0.1, 0.15) is 24.5 Å². The van der Waals surface area contributed by atoms with Gasteiger partial charge in [-0.15, -0.1) is 0 Å². The van der Waals surface area contributed by atoms with Crippen LogP contribution < -0.4 is 5.32 Å². The van der Waals surface area contributed by atoms with E-state index < -0.39 is 6.04 Å². The lowest BCUT2D eigenvalue weighted by molar-refractivity contribution is -0.140. The Morgan fingerprint density at radius 1 is 1.11 bits per heavy atom. The molecule has 0 aliphatic heterocycles. The predicted octanol–water partition coefficient (Wildman–Crippen LogP) is 4.23. The van der Waals surface area contributed by atoms with Crippen molar-refractivity contribution in [2.24, 2.45) is 0 Å². The van der Waals surface area contributed by atoms with Gasteiger partial charge in [0.05, 0.1) is 6.42 Å². The molecule has 0 aliphatic rings. The number of halogens is 3. The minimum Gasteiger partial charge on any atom is -0.357 e. The SMILES string of the molecule is CCC(C(=O)NC)N(Cc1ccc(F)cc1)C(=O)Cc1c(Cl)cccc1Cl. The summed E-state index contributed by atoms with van der Waals surface area (Å²) in [6.07, 6.45) is 0.399. The second-order valence-electron chi connectivity index (χ2n) is 6.06. The predicted molar refractivity (Wildman–Crippen MR) is 105 cm³/mol. The standard InChI is InChI=1S/C20H21Cl2FN2O2/c1-3-18(20(27)24-2)25(12-13-7-9-14(23)10-8-13)19(26)11-15-16(21)5-4-6-17(15)22/h4-10,18H,3,11-12H2,1-2H3,(H,24,27). The lowest BCUT2D eigenvalue weighted by atomic mass is 10.1. The fourth-order valence-corrected chi connectivity index (χ4v) is 3.36. The van der Waals surface area contributed by atoms with Gasteiger partial charge in [-0.1, -0.05) is 48.3 Å². The van der Waals surface area contributed by atoms with Crippen molar-refractivity contribution < 1.29 is 14.0 Å². The Bertz CT molecular complexity index is 792. The maximum Gasteiger partial charge on any atom is 0.242 e. The minimum absolute atomic E-state index is 0.0345. The first-order valence-electron chi connectivity index (χ1n) is 8.55. The van der Waals surface area contributed by atoms with Gasteiger partial charge in [-0.2, -0.15) is 0 Å². The van der Waals surface area contributed by atoms with Crippen LogP contribution in [-0.2, 0) is 22.6 Å². The van der Waals surface area contributed by atoms with Crippen molar-refractivity contribution in [3.8, 4) is 0 Å². The number of rotatable bonds is 7. The van der Waals surface area contributed by atoms with E-state index in [4.69, 9.17) is 23.2 Å². The van der Waals surface area contributed by atoms with Crippen LogP contribution >= 0.6 is 23.2 Å². The number of amides is 2. The first-order chi connectivity index (χ1) is 12.9. The number of hydrogen-bond acceptors (Lipinski definition) is 2. The van der Waals surface area contributed by atoms with E-state index in [1.54, 1.807) is 30.3 Å². The van der Waals surface area contributed by atoms with Crippen molar-refractivity contribution in [2.75, 3.05) is 7.05 Å². The summed E-state index contributed by atoms with van der Waals surface area (Å²) < 4.78 is 13.2. The summed E-state index contributed by atoms with van der Waals surface area (Å²) in [6.45, 7) is 2.00. The van der Waals surface area contributed by atoms with Crippen LogP contribution in [-0.4, -0.2) is 29.8 Å². The number of nitrogens with one attached hydrogen (secondary N) is 1. The largest absolute Gasteiger partial charge is 0.357 e. The van der Waals surface area contributed by atoms with E-state index in [1.807, 2.05) is 6.92 Å². The number of likely N-dealkylation sites (N-methyl/N-ethyl adjacent to an activating group) is 1. The summed E-state index contributed by atoms with van der Waals surface area (Å²) in [6, 6.07) is 10.2. The molecule has 0 heterocycles.